The average molecular weight is 348 g/mol. The Morgan fingerprint density at radius 3 is 2.83 bits per heavy atom. The van der Waals surface area contributed by atoms with Crippen LogP contribution < -0.4 is 10.2 Å². The van der Waals surface area contributed by atoms with Crippen molar-refractivity contribution < 1.29 is 9.64 Å². The SMILES string of the molecule is CC(C)CNc1nc(C[NH+]2CCOCC2)nc2sc3c(c12)CCC3. The van der Waals surface area contributed by atoms with Gasteiger partial charge in [-0.1, -0.05) is 13.8 Å². The molecule has 24 heavy (non-hydrogen) atoms. The molecule has 6 heteroatoms. The van der Waals surface area contributed by atoms with Crippen LogP contribution in [0, 0.1) is 5.92 Å². The zero-order valence-electron chi connectivity index (χ0n) is 14.7. The van der Waals surface area contributed by atoms with Crippen LogP contribution in [0.25, 0.3) is 10.2 Å². The van der Waals surface area contributed by atoms with Gasteiger partial charge in [0.25, 0.3) is 0 Å². The first-order valence-electron chi connectivity index (χ1n) is 9.17. The Bertz CT molecular complexity index is 721. The lowest BCUT2D eigenvalue weighted by molar-refractivity contribution is -0.922. The molecule has 0 aromatic carbocycles. The van der Waals surface area contributed by atoms with E-state index in [4.69, 9.17) is 14.7 Å². The van der Waals surface area contributed by atoms with E-state index in [-0.39, 0.29) is 0 Å². The molecule has 0 spiro atoms. The fourth-order valence-corrected chi connectivity index (χ4v) is 4.89. The third-order valence-electron chi connectivity index (χ3n) is 4.90. The van der Waals surface area contributed by atoms with Gasteiger partial charge in [0.2, 0.25) is 0 Å². The molecule has 5 nitrogen and oxygen atoms in total. The summed E-state index contributed by atoms with van der Waals surface area (Å²) < 4.78 is 5.47. The van der Waals surface area contributed by atoms with Crippen LogP contribution in [0.3, 0.4) is 0 Å². The van der Waals surface area contributed by atoms with Gasteiger partial charge in [0.05, 0.1) is 18.6 Å². The van der Waals surface area contributed by atoms with E-state index in [0.717, 1.165) is 51.0 Å². The highest BCUT2D eigenvalue weighted by Gasteiger charge is 2.24. The van der Waals surface area contributed by atoms with Crippen LogP contribution in [0.15, 0.2) is 0 Å². The number of aryl methyl sites for hydroxylation is 2. The number of hydrogen-bond acceptors (Lipinski definition) is 5. The molecule has 0 radical (unpaired) electrons. The highest BCUT2D eigenvalue weighted by atomic mass is 32.1. The van der Waals surface area contributed by atoms with Crippen LogP contribution in [-0.4, -0.2) is 42.8 Å². The van der Waals surface area contributed by atoms with E-state index in [1.54, 1.807) is 0 Å². The summed E-state index contributed by atoms with van der Waals surface area (Å²) in [6.45, 7) is 10.1. The quantitative estimate of drug-likeness (QED) is 0.864. The van der Waals surface area contributed by atoms with E-state index in [1.807, 2.05) is 11.3 Å². The first kappa shape index (κ1) is 16.2. The van der Waals surface area contributed by atoms with Crippen molar-refractivity contribution in [1.29, 1.82) is 0 Å². The Balaban J connectivity index is 1.67. The number of morpholine rings is 1. The molecule has 2 aromatic rings. The van der Waals surface area contributed by atoms with Gasteiger partial charge in [-0.3, -0.25) is 0 Å². The Morgan fingerprint density at radius 1 is 1.21 bits per heavy atom. The topological polar surface area (TPSA) is 51.5 Å². The summed E-state index contributed by atoms with van der Waals surface area (Å²) in [4.78, 5) is 14.1. The lowest BCUT2D eigenvalue weighted by Crippen LogP contribution is -3.12. The Kier molecular flexibility index (Phi) is 4.70. The highest BCUT2D eigenvalue weighted by molar-refractivity contribution is 7.19. The first-order chi connectivity index (χ1) is 11.7. The molecule has 2 aromatic heterocycles. The first-order valence-corrected chi connectivity index (χ1v) is 9.98. The number of quaternary nitrogens is 1. The number of thiophene rings is 1. The van der Waals surface area contributed by atoms with E-state index in [2.05, 4.69) is 19.2 Å². The van der Waals surface area contributed by atoms with Crippen molar-refractivity contribution in [3.63, 3.8) is 0 Å². The fourth-order valence-electron chi connectivity index (χ4n) is 3.61. The van der Waals surface area contributed by atoms with Gasteiger partial charge in [-0.15, -0.1) is 11.3 Å². The number of ether oxygens (including phenoxy) is 1. The van der Waals surface area contributed by atoms with Gasteiger partial charge in [-0.25, -0.2) is 9.97 Å². The Labute approximate surface area is 147 Å². The summed E-state index contributed by atoms with van der Waals surface area (Å²) in [7, 11) is 0. The van der Waals surface area contributed by atoms with Gasteiger partial charge in [0.15, 0.2) is 5.82 Å². The number of hydrogen-bond donors (Lipinski definition) is 2. The number of nitrogens with one attached hydrogen (secondary N) is 2. The third-order valence-corrected chi connectivity index (χ3v) is 6.08. The second-order valence-electron chi connectivity index (χ2n) is 7.34. The zero-order chi connectivity index (χ0) is 16.5. The molecule has 0 amide bonds. The monoisotopic (exact) mass is 347 g/mol. The Hall–Kier alpha value is -1.24. The van der Waals surface area contributed by atoms with Crippen LogP contribution in [0.1, 0.15) is 36.5 Å². The summed E-state index contributed by atoms with van der Waals surface area (Å²) in [6, 6.07) is 0. The second-order valence-corrected chi connectivity index (χ2v) is 8.42. The minimum atomic E-state index is 0.606. The van der Waals surface area contributed by atoms with Gasteiger partial charge >= 0.3 is 0 Å². The van der Waals surface area contributed by atoms with Crippen molar-refractivity contribution in [2.45, 2.75) is 39.7 Å². The van der Waals surface area contributed by atoms with Crippen molar-refractivity contribution in [3.05, 3.63) is 16.3 Å². The maximum absolute atomic E-state index is 5.47. The predicted octanol–water partition coefficient (Wildman–Crippen LogP) is 1.66. The molecule has 1 aliphatic heterocycles. The normalized spacial score (nSPS) is 18.5. The predicted molar refractivity (Wildman–Crippen MR) is 98.0 cm³/mol. The van der Waals surface area contributed by atoms with Crippen LogP contribution in [0.5, 0.6) is 0 Å². The molecule has 4 rings (SSSR count). The van der Waals surface area contributed by atoms with E-state index in [1.165, 1.54) is 44.8 Å². The summed E-state index contributed by atoms with van der Waals surface area (Å²) >= 11 is 1.89. The molecule has 2 aliphatic rings. The molecule has 0 saturated carbocycles. The number of aromatic nitrogens is 2. The highest BCUT2D eigenvalue weighted by Crippen LogP contribution is 2.39. The number of fused-ring (bicyclic) bond motifs is 3. The molecule has 0 unspecified atom stereocenters. The minimum Gasteiger partial charge on any atom is -0.370 e. The number of nitrogens with zero attached hydrogens (tertiary/aromatic N) is 2. The molecule has 0 atom stereocenters. The van der Waals surface area contributed by atoms with Crippen LogP contribution in [-0.2, 0) is 24.1 Å². The van der Waals surface area contributed by atoms with E-state index in [0.29, 0.717) is 5.92 Å². The number of anilines is 1. The summed E-state index contributed by atoms with van der Waals surface area (Å²) in [6.07, 6.45) is 3.67. The average Bonchev–Trinajstić information content (AvgIpc) is 3.14. The van der Waals surface area contributed by atoms with Gasteiger partial charge in [0.1, 0.15) is 30.3 Å². The van der Waals surface area contributed by atoms with Crippen molar-refractivity contribution in [3.8, 4) is 0 Å². The molecule has 1 fully saturated rings. The lowest BCUT2D eigenvalue weighted by atomic mass is 10.1. The zero-order valence-corrected chi connectivity index (χ0v) is 15.5. The van der Waals surface area contributed by atoms with Gasteiger partial charge < -0.3 is 15.0 Å². The van der Waals surface area contributed by atoms with Crippen LogP contribution >= 0.6 is 11.3 Å². The van der Waals surface area contributed by atoms with E-state index >= 15 is 0 Å². The molecular weight excluding hydrogens is 320 g/mol. The fraction of sp³-hybridized carbons (Fsp3) is 0.667. The molecule has 0 bridgehead atoms. The van der Waals surface area contributed by atoms with Crippen molar-refractivity contribution in [2.24, 2.45) is 5.92 Å². The van der Waals surface area contributed by atoms with Gasteiger partial charge in [0, 0.05) is 11.4 Å². The largest absolute Gasteiger partial charge is 0.370 e. The van der Waals surface area contributed by atoms with E-state index in [9.17, 15) is 0 Å². The van der Waals surface area contributed by atoms with Crippen LogP contribution in [0.2, 0.25) is 0 Å². The molecule has 3 heterocycles. The van der Waals surface area contributed by atoms with Crippen molar-refractivity contribution in [1.82, 2.24) is 9.97 Å². The van der Waals surface area contributed by atoms with Crippen molar-refractivity contribution in [2.75, 3.05) is 38.2 Å². The maximum Gasteiger partial charge on any atom is 0.187 e. The maximum atomic E-state index is 5.47. The molecule has 1 saturated heterocycles. The Morgan fingerprint density at radius 2 is 2.04 bits per heavy atom. The molecule has 1 aliphatic carbocycles. The second kappa shape index (κ2) is 6.94. The molecule has 2 N–H and O–H groups in total. The minimum absolute atomic E-state index is 0.606. The number of rotatable bonds is 5. The summed E-state index contributed by atoms with van der Waals surface area (Å²) in [5, 5.41) is 4.90. The molecular formula is C18H27N4OS+. The van der Waals surface area contributed by atoms with Crippen molar-refractivity contribution >= 4 is 27.4 Å². The van der Waals surface area contributed by atoms with Crippen LogP contribution in [0.4, 0.5) is 5.82 Å². The molecule has 130 valence electrons. The van der Waals surface area contributed by atoms with E-state index < -0.39 is 0 Å². The van der Waals surface area contributed by atoms with Gasteiger partial charge in [-0.05, 0) is 30.7 Å². The third kappa shape index (κ3) is 3.27. The summed E-state index contributed by atoms with van der Waals surface area (Å²) in [5.74, 6) is 2.65. The smallest absolute Gasteiger partial charge is 0.187 e. The van der Waals surface area contributed by atoms with Gasteiger partial charge in [-0.2, -0.15) is 0 Å². The lowest BCUT2D eigenvalue weighted by Gasteiger charge is -2.23. The standard InChI is InChI=1S/C18H26N4OS/c1-12(2)10-19-17-16-13-4-3-5-14(13)24-18(16)21-15(20-17)11-22-6-8-23-9-7-22/h12H,3-11H2,1-2H3,(H,19,20,21)/p+1. The summed E-state index contributed by atoms with van der Waals surface area (Å²) in [5.41, 5.74) is 1.51.